The molecule has 166 valence electrons. The highest BCUT2D eigenvalue weighted by Crippen LogP contribution is 2.31. The Balaban J connectivity index is 1.49. The van der Waals surface area contributed by atoms with Gasteiger partial charge in [0.1, 0.15) is 17.1 Å². The summed E-state index contributed by atoms with van der Waals surface area (Å²) in [6, 6.07) is 17.0. The first-order chi connectivity index (χ1) is 16.0. The maximum atomic E-state index is 12.4. The largest absolute Gasteiger partial charge is 0.457 e. The molecule has 2 aromatic carbocycles. The van der Waals surface area contributed by atoms with E-state index in [1.165, 1.54) is 6.08 Å². The smallest absolute Gasteiger partial charge is 0.254 e. The van der Waals surface area contributed by atoms with Crippen LogP contribution in [0.5, 0.6) is 11.5 Å². The Labute approximate surface area is 190 Å². The van der Waals surface area contributed by atoms with Crippen molar-refractivity contribution in [2.45, 2.75) is 12.8 Å². The van der Waals surface area contributed by atoms with Gasteiger partial charge in [-0.15, -0.1) is 0 Å². The SMILES string of the molecule is C=CC(=O)N1CCc2nc3c(C(N)=O)c(-c4ccc(Oc5ccccc5)cc4)[nH]n3c2CC1. The zero-order valence-corrected chi connectivity index (χ0v) is 18.0. The van der Waals surface area contributed by atoms with Crippen molar-refractivity contribution in [1.29, 1.82) is 0 Å². The lowest BCUT2D eigenvalue weighted by molar-refractivity contribution is -0.125. The molecule has 8 heteroatoms. The van der Waals surface area contributed by atoms with E-state index in [-0.39, 0.29) is 5.91 Å². The number of aromatic amines is 1. The van der Waals surface area contributed by atoms with Gasteiger partial charge in [-0.3, -0.25) is 14.7 Å². The highest BCUT2D eigenvalue weighted by atomic mass is 16.5. The van der Waals surface area contributed by atoms with Gasteiger partial charge in [-0.25, -0.2) is 9.50 Å². The molecule has 0 saturated heterocycles. The Kier molecular flexibility index (Phi) is 5.18. The summed E-state index contributed by atoms with van der Waals surface area (Å²) in [5, 5.41) is 3.31. The number of hydrogen-bond donors (Lipinski definition) is 2. The van der Waals surface area contributed by atoms with Crippen molar-refractivity contribution in [3.8, 4) is 22.8 Å². The monoisotopic (exact) mass is 441 g/mol. The van der Waals surface area contributed by atoms with Crippen LogP contribution >= 0.6 is 0 Å². The highest BCUT2D eigenvalue weighted by Gasteiger charge is 2.26. The molecule has 0 atom stereocenters. The standard InChI is InChI=1S/C25H23N5O3/c1-2-21(31)29-14-12-19-20(13-15-29)30-25(27-19)22(24(26)32)23(28-30)16-8-10-18(11-9-16)33-17-6-4-3-5-7-17/h2-11,28H,1,12-15H2,(H2,26,32). The summed E-state index contributed by atoms with van der Waals surface area (Å²) < 4.78 is 7.68. The fourth-order valence-corrected chi connectivity index (χ4v) is 4.22. The number of rotatable bonds is 5. The summed E-state index contributed by atoms with van der Waals surface area (Å²) >= 11 is 0. The third-order valence-electron chi connectivity index (χ3n) is 5.84. The number of amides is 2. The third-order valence-corrected chi connectivity index (χ3v) is 5.84. The van der Waals surface area contributed by atoms with Crippen molar-refractivity contribution in [2.24, 2.45) is 5.73 Å². The lowest BCUT2D eigenvalue weighted by Gasteiger charge is -2.17. The second-order valence-corrected chi connectivity index (χ2v) is 7.86. The molecule has 0 aliphatic carbocycles. The van der Waals surface area contributed by atoms with E-state index in [4.69, 9.17) is 15.5 Å². The molecule has 2 aromatic heterocycles. The van der Waals surface area contributed by atoms with Crippen molar-refractivity contribution in [1.82, 2.24) is 19.5 Å². The maximum Gasteiger partial charge on any atom is 0.254 e. The third kappa shape index (κ3) is 3.76. The van der Waals surface area contributed by atoms with E-state index in [1.54, 1.807) is 4.90 Å². The summed E-state index contributed by atoms with van der Waals surface area (Å²) in [5.74, 6) is 0.782. The van der Waals surface area contributed by atoms with Gasteiger partial charge in [0.15, 0.2) is 5.65 Å². The van der Waals surface area contributed by atoms with Gasteiger partial charge in [-0.1, -0.05) is 24.8 Å². The van der Waals surface area contributed by atoms with Crippen molar-refractivity contribution < 1.29 is 14.3 Å². The van der Waals surface area contributed by atoms with Gasteiger partial charge in [0, 0.05) is 31.5 Å². The Bertz CT molecular complexity index is 1350. The van der Waals surface area contributed by atoms with E-state index in [1.807, 2.05) is 59.1 Å². The van der Waals surface area contributed by atoms with Crippen LogP contribution in [0, 0.1) is 0 Å². The van der Waals surface area contributed by atoms with Crippen LogP contribution in [-0.4, -0.2) is 44.4 Å². The number of carbonyl (C=O) groups excluding carboxylic acids is 2. The number of nitrogens with zero attached hydrogens (tertiary/aromatic N) is 3. The molecule has 0 radical (unpaired) electrons. The van der Waals surface area contributed by atoms with Gasteiger partial charge in [0.2, 0.25) is 5.91 Å². The zero-order valence-electron chi connectivity index (χ0n) is 18.0. The number of hydrogen-bond acceptors (Lipinski definition) is 4. The lowest BCUT2D eigenvalue weighted by Crippen LogP contribution is -2.31. The minimum absolute atomic E-state index is 0.0933. The van der Waals surface area contributed by atoms with E-state index >= 15 is 0 Å². The minimum Gasteiger partial charge on any atom is -0.457 e. The van der Waals surface area contributed by atoms with Crippen LogP contribution in [0.2, 0.25) is 0 Å². The summed E-state index contributed by atoms with van der Waals surface area (Å²) in [6.45, 7) is 4.68. The molecular weight excluding hydrogens is 418 g/mol. The summed E-state index contributed by atoms with van der Waals surface area (Å²) in [7, 11) is 0. The molecule has 0 bridgehead atoms. The average Bonchev–Trinajstić information content (AvgIpc) is 3.28. The molecule has 4 aromatic rings. The molecule has 3 N–H and O–H groups in total. The molecule has 0 fully saturated rings. The molecule has 1 aliphatic rings. The molecule has 0 spiro atoms. The van der Waals surface area contributed by atoms with E-state index in [2.05, 4.69) is 11.7 Å². The predicted octanol–water partition coefficient (Wildman–Crippen LogP) is 3.33. The molecule has 1 aliphatic heterocycles. The van der Waals surface area contributed by atoms with Crippen LogP contribution in [0.3, 0.4) is 0 Å². The number of aromatic nitrogens is 3. The van der Waals surface area contributed by atoms with E-state index in [9.17, 15) is 9.59 Å². The van der Waals surface area contributed by atoms with Crippen molar-refractivity contribution in [3.63, 3.8) is 0 Å². The molecule has 0 saturated carbocycles. The fraction of sp³-hybridized carbons (Fsp3) is 0.160. The Hall–Kier alpha value is -4.33. The number of nitrogens with one attached hydrogen (secondary N) is 1. The van der Waals surface area contributed by atoms with Crippen LogP contribution in [-0.2, 0) is 17.6 Å². The summed E-state index contributed by atoms with van der Waals surface area (Å²) in [6.07, 6.45) is 2.54. The van der Waals surface area contributed by atoms with Crippen LogP contribution < -0.4 is 10.5 Å². The molecule has 8 nitrogen and oxygen atoms in total. The number of fused-ring (bicyclic) bond motifs is 3. The Morgan fingerprint density at radius 2 is 1.73 bits per heavy atom. The van der Waals surface area contributed by atoms with Gasteiger partial charge in [-0.05, 0) is 42.5 Å². The maximum absolute atomic E-state index is 12.4. The molecular formula is C25H23N5O3. The summed E-state index contributed by atoms with van der Waals surface area (Å²) in [4.78, 5) is 30.9. The molecule has 5 rings (SSSR count). The molecule has 3 heterocycles. The fourth-order valence-electron chi connectivity index (χ4n) is 4.22. The van der Waals surface area contributed by atoms with E-state index in [0.717, 1.165) is 22.7 Å². The first kappa shape index (κ1) is 20.6. The van der Waals surface area contributed by atoms with Crippen molar-refractivity contribution in [3.05, 3.63) is 84.2 Å². The first-order valence-corrected chi connectivity index (χ1v) is 10.7. The Morgan fingerprint density at radius 1 is 1.03 bits per heavy atom. The van der Waals surface area contributed by atoms with Gasteiger partial charge < -0.3 is 15.4 Å². The Morgan fingerprint density at radius 3 is 2.42 bits per heavy atom. The number of H-pyrrole nitrogens is 1. The number of nitrogens with two attached hydrogens (primary N) is 1. The number of carbonyl (C=O) groups is 2. The van der Waals surface area contributed by atoms with Crippen LogP contribution in [0.4, 0.5) is 0 Å². The van der Waals surface area contributed by atoms with Crippen molar-refractivity contribution >= 4 is 17.5 Å². The van der Waals surface area contributed by atoms with Gasteiger partial charge in [-0.2, -0.15) is 0 Å². The molecule has 33 heavy (non-hydrogen) atoms. The summed E-state index contributed by atoms with van der Waals surface area (Å²) in [5.41, 5.74) is 9.82. The number of para-hydroxylation sites is 1. The second kappa shape index (κ2) is 8.31. The quantitative estimate of drug-likeness (QED) is 0.463. The number of primary amides is 1. The molecule has 2 amide bonds. The van der Waals surface area contributed by atoms with Crippen LogP contribution in [0.1, 0.15) is 21.7 Å². The topological polar surface area (TPSA) is 106 Å². The lowest BCUT2D eigenvalue weighted by atomic mass is 10.1. The minimum atomic E-state index is -0.551. The normalized spacial score (nSPS) is 13.4. The van der Waals surface area contributed by atoms with Crippen LogP contribution in [0.15, 0.2) is 67.3 Å². The van der Waals surface area contributed by atoms with Gasteiger partial charge in [0.05, 0.1) is 17.1 Å². The van der Waals surface area contributed by atoms with Crippen LogP contribution in [0.25, 0.3) is 16.9 Å². The number of ether oxygens (including phenoxy) is 1. The van der Waals surface area contributed by atoms with Gasteiger partial charge in [0.25, 0.3) is 5.91 Å². The first-order valence-electron chi connectivity index (χ1n) is 10.7. The van der Waals surface area contributed by atoms with E-state index in [0.29, 0.717) is 48.6 Å². The molecule has 0 unspecified atom stereocenters. The highest BCUT2D eigenvalue weighted by molar-refractivity contribution is 6.04. The van der Waals surface area contributed by atoms with Gasteiger partial charge >= 0.3 is 0 Å². The van der Waals surface area contributed by atoms with E-state index < -0.39 is 5.91 Å². The second-order valence-electron chi connectivity index (χ2n) is 7.86. The predicted molar refractivity (Wildman–Crippen MR) is 124 cm³/mol. The van der Waals surface area contributed by atoms with Crippen molar-refractivity contribution in [2.75, 3.05) is 13.1 Å². The zero-order chi connectivity index (χ0) is 22.9. The average molecular weight is 441 g/mol. The number of imidazole rings is 1. The number of benzene rings is 2.